The predicted octanol–water partition coefficient (Wildman–Crippen LogP) is 3.94. The van der Waals surface area contributed by atoms with Crippen molar-refractivity contribution in [3.05, 3.63) is 81.9 Å². The molecule has 0 fully saturated rings. The zero-order chi connectivity index (χ0) is 24.4. The first-order chi connectivity index (χ1) is 16.3. The lowest BCUT2D eigenvalue weighted by molar-refractivity contribution is 0.301. The number of aryl methyl sites for hydroxylation is 2. The first kappa shape index (κ1) is 23.6. The van der Waals surface area contributed by atoms with Gasteiger partial charge < -0.3 is 15.7 Å². The monoisotopic (exact) mass is 457 g/mol. The van der Waals surface area contributed by atoms with Gasteiger partial charge in [-0.05, 0) is 50.6 Å². The maximum atomic E-state index is 13.8. The molecule has 7 heteroatoms. The van der Waals surface area contributed by atoms with E-state index in [0.29, 0.717) is 29.7 Å². The number of likely N-dealkylation sites (N-methyl/N-ethyl adjacent to an activating group) is 1. The standard InChI is InChI=1S/C27H31N5O2/c1-5-20(28)15-31(4)16-24-23(19-10-17(2)9-18(3)11-19)13-29-25-14-30-32(27(34)26(24)25)21-7-6-8-22(33)12-21/h6-14,20,33H,5,15-16,28H2,1-4H3/t20-/m0/s1. The number of aromatic hydroxyl groups is 1. The summed E-state index contributed by atoms with van der Waals surface area (Å²) in [5.41, 5.74) is 12.1. The van der Waals surface area contributed by atoms with Gasteiger partial charge in [0.15, 0.2) is 0 Å². The van der Waals surface area contributed by atoms with Gasteiger partial charge in [0.25, 0.3) is 5.56 Å². The molecule has 2 aromatic heterocycles. The second kappa shape index (κ2) is 9.75. The van der Waals surface area contributed by atoms with Crippen molar-refractivity contribution in [2.75, 3.05) is 13.6 Å². The van der Waals surface area contributed by atoms with E-state index in [1.54, 1.807) is 24.4 Å². The summed E-state index contributed by atoms with van der Waals surface area (Å²) < 4.78 is 1.32. The molecule has 0 spiro atoms. The van der Waals surface area contributed by atoms with Crippen LogP contribution in [0.25, 0.3) is 27.7 Å². The smallest absolute Gasteiger partial charge is 0.281 e. The summed E-state index contributed by atoms with van der Waals surface area (Å²) in [4.78, 5) is 20.5. The molecule has 7 nitrogen and oxygen atoms in total. The molecular formula is C27H31N5O2. The van der Waals surface area contributed by atoms with Gasteiger partial charge in [-0.15, -0.1) is 0 Å². The van der Waals surface area contributed by atoms with Crippen molar-refractivity contribution in [2.45, 2.75) is 39.8 Å². The first-order valence-corrected chi connectivity index (χ1v) is 11.5. The fourth-order valence-electron chi connectivity index (χ4n) is 4.39. The van der Waals surface area contributed by atoms with Crippen LogP contribution in [0, 0.1) is 13.8 Å². The van der Waals surface area contributed by atoms with E-state index in [0.717, 1.165) is 34.2 Å². The van der Waals surface area contributed by atoms with Crippen LogP contribution in [0.15, 0.2) is 59.7 Å². The molecule has 176 valence electrons. The number of fused-ring (bicyclic) bond motifs is 1. The number of benzene rings is 2. The van der Waals surface area contributed by atoms with Crippen LogP contribution >= 0.6 is 0 Å². The lowest BCUT2D eigenvalue weighted by Crippen LogP contribution is -2.35. The summed E-state index contributed by atoms with van der Waals surface area (Å²) >= 11 is 0. The lowest BCUT2D eigenvalue weighted by Gasteiger charge is -2.23. The highest BCUT2D eigenvalue weighted by Gasteiger charge is 2.19. The van der Waals surface area contributed by atoms with E-state index in [1.807, 2.05) is 13.2 Å². The first-order valence-electron chi connectivity index (χ1n) is 11.5. The third-order valence-electron chi connectivity index (χ3n) is 6.02. The third-order valence-corrected chi connectivity index (χ3v) is 6.02. The van der Waals surface area contributed by atoms with Gasteiger partial charge in [0, 0.05) is 37.0 Å². The van der Waals surface area contributed by atoms with E-state index in [1.165, 1.54) is 10.7 Å². The number of rotatable bonds is 7. The SMILES string of the molecule is CC[C@H](N)CN(C)Cc1c(-c2cc(C)cc(C)c2)cnc2cnn(-c3cccc(O)c3)c(=O)c12. The summed E-state index contributed by atoms with van der Waals surface area (Å²) in [5, 5.41) is 14.8. The van der Waals surface area contributed by atoms with Crippen molar-refractivity contribution in [1.82, 2.24) is 19.7 Å². The molecule has 0 aliphatic carbocycles. The minimum Gasteiger partial charge on any atom is -0.508 e. The van der Waals surface area contributed by atoms with Crippen LogP contribution in [0.5, 0.6) is 5.75 Å². The average molecular weight is 458 g/mol. The molecule has 0 bridgehead atoms. The minimum absolute atomic E-state index is 0.0494. The largest absolute Gasteiger partial charge is 0.508 e. The van der Waals surface area contributed by atoms with Crippen molar-refractivity contribution >= 4 is 10.9 Å². The van der Waals surface area contributed by atoms with Gasteiger partial charge in [-0.3, -0.25) is 9.78 Å². The molecular weight excluding hydrogens is 426 g/mol. The Morgan fingerprint density at radius 3 is 2.53 bits per heavy atom. The number of pyridine rings is 1. The number of aromatic nitrogens is 3. The topological polar surface area (TPSA) is 97.3 Å². The van der Waals surface area contributed by atoms with Crippen molar-refractivity contribution in [1.29, 1.82) is 0 Å². The number of nitrogens with zero attached hydrogens (tertiary/aromatic N) is 4. The predicted molar refractivity (Wildman–Crippen MR) is 136 cm³/mol. The summed E-state index contributed by atoms with van der Waals surface area (Å²) in [6, 6.07) is 12.9. The maximum Gasteiger partial charge on any atom is 0.281 e. The number of nitrogens with two attached hydrogens (primary N) is 1. The molecule has 0 radical (unpaired) electrons. The summed E-state index contributed by atoms with van der Waals surface area (Å²) in [7, 11) is 2.02. The van der Waals surface area contributed by atoms with Crippen LogP contribution in [0.4, 0.5) is 0 Å². The second-order valence-electron chi connectivity index (χ2n) is 9.03. The molecule has 0 amide bonds. The highest BCUT2D eigenvalue weighted by Crippen LogP contribution is 2.30. The average Bonchev–Trinajstić information content (AvgIpc) is 2.78. The molecule has 0 aliphatic rings. The van der Waals surface area contributed by atoms with Gasteiger partial charge in [0.1, 0.15) is 5.75 Å². The normalized spacial score (nSPS) is 12.4. The van der Waals surface area contributed by atoms with E-state index in [9.17, 15) is 9.90 Å². The van der Waals surface area contributed by atoms with Crippen LogP contribution in [-0.2, 0) is 6.54 Å². The molecule has 2 aromatic carbocycles. The minimum atomic E-state index is -0.273. The van der Waals surface area contributed by atoms with Crippen molar-refractivity contribution < 1.29 is 5.11 Å². The highest BCUT2D eigenvalue weighted by atomic mass is 16.3. The molecule has 4 aromatic rings. The Kier molecular flexibility index (Phi) is 6.77. The highest BCUT2D eigenvalue weighted by molar-refractivity contribution is 5.87. The quantitative estimate of drug-likeness (QED) is 0.436. The molecule has 4 rings (SSSR count). The van der Waals surface area contributed by atoms with Crippen LogP contribution in [0.3, 0.4) is 0 Å². The van der Waals surface area contributed by atoms with E-state index < -0.39 is 0 Å². The number of hydrogen-bond donors (Lipinski definition) is 2. The third kappa shape index (κ3) is 4.85. The van der Waals surface area contributed by atoms with Crippen LogP contribution < -0.4 is 11.3 Å². The maximum absolute atomic E-state index is 13.8. The summed E-state index contributed by atoms with van der Waals surface area (Å²) in [6.45, 7) is 7.44. The van der Waals surface area contributed by atoms with Gasteiger partial charge in [0.2, 0.25) is 0 Å². The molecule has 34 heavy (non-hydrogen) atoms. The molecule has 1 atom stereocenters. The lowest BCUT2D eigenvalue weighted by atomic mass is 9.95. The van der Waals surface area contributed by atoms with E-state index in [-0.39, 0.29) is 17.4 Å². The fourth-order valence-corrected chi connectivity index (χ4v) is 4.39. The molecule has 0 saturated heterocycles. The van der Waals surface area contributed by atoms with Crippen LogP contribution in [0.2, 0.25) is 0 Å². The Balaban J connectivity index is 1.97. The summed E-state index contributed by atoms with van der Waals surface area (Å²) in [6.07, 6.45) is 4.31. The number of hydrogen-bond acceptors (Lipinski definition) is 6. The molecule has 0 unspecified atom stereocenters. The Morgan fingerprint density at radius 1 is 1.12 bits per heavy atom. The van der Waals surface area contributed by atoms with Gasteiger partial charge >= 0.3 is 0 Å². The van der Waals surface area contributed by atoms with Gasteiger partial charge in [0.05, 0.1) is 22.8 Å². The van der Waals surface area contributed by atoms with E-state index in [4.69, 9.17) is 5.73 Å². The van der Waals surface area contributed by atoms with E-state index in [2.05, 4.69) is 54.0 Å². The Bertz CT molecular complexity index is 1380. The van der Waals surface area contributed by atoms with Crippen LogP contribution in [0.1, 0.15) is 30.0 Å². The van der Waals surface area contributed by atoms with Crippen molar-refractivity contribution in [3.8, 4) is 22.6 Å². The Morgan fingerprint density at radius 2 is 1.85 bits per heavy atom. The Labute approximate surface area is 199 Å². The fraction of sp³-hybridized carbons (Fsp3) is 0.296. The molecule has 0 aliphatic heterocycles. The van der Waals surface area contributed by atoms with Gasteiger partial charge in [-0.2, -0.15) is 9.78 Å². The second-order valence-corrected chi connectivity index (χ2v) is 9.03. The molecule has 3 N–H and O–H groups in total. The zero-order valence-corrected chi connectivity index (χ0v) is 20.1. The summed E-state index contributed by atoms with van der Waals surface area (Å²) in [5.74, 6) is 0.0712. The van der Waals surface area contributed by atoms with Gasteiger partial charge in [-0.25, -0.2) is 0 Å². The van der Waals surface area contributed by atoms with Crippen molar-refractivity contribution in [3.63, 3.8) is 0 Å². The molecule has 2 heterocycles. The zero-order valence-electron chi connectivity index (χ0n) is 20.1. The van der Waals surface area contributed by atoms with Gasteiger partial charge in [-0.1, -0.05) is 42.3 Å². The van der Waals surface area contributed by atoms with Crippen molar-refractivity contribution in [2.24, 2.45) is 5.73 Å². The van der Waals surface area contributed by atoms with Crippen LogP contribution in [-0.4, -0.2) is 44.4 Å². The Hall–Kier alpha value is -3.55. The number of phenols is 1. The molecule has 0 saturated carbocycles. The van der Waals surface area contributed by atoms with E-state index >= 15 is 0 Å². The number of phenolic OH excluding ortho intramolecular Hbond substituents is 1.